The van der Waals surface area contributed by atoms with Crippen molar-refractivity contribution < 1.29 is 4.74 Å². The zero-order valence-corrected chi connectivity index (χ0v) is 7.95. The topological polar surface area (TPSA) is 39.4 Å². The molecule has 0 unspecified atom stereocenters. The van der Waals surface area contributed by atoms with Crippen molar-refractivity contribution >= 4 is 21.6 Å². The highest BCUT2D eigenvalue weighted by atomic mass is 79.9. The third kappa shape index (κ3) is 1.06. The van der Waals surface area contributed by atoms with Crippen LogP contribution in [-0.4, -0.2) is 21.7 Å². The van der Waals surface area contributed by atoms with Crippen molar-refractivity contribution in [3.63, 3.8) is 0 Å². The lowest BCUT2D eigenvalue weighted by Crippen LogP contribution is -1.95. The summed E-state index contributed by atoms with van der Waals surface area (Å²) >= 11 is 3.31. The summed E-state index contributed by atoms with van der Waals surface area (Å²) < 4.78 is 7.45. The second-order valence-electron chi connectivity index (χ2n) is 2.23. The van der Waals surface area contributed by atoms with Crippen molar-refractivity contribution in [2.75, 3.05) is 7.11 Å². The maximum Gasteiger partial charge on any atom is 0.231 e. The van der Waals surface area contributed by atoms with E-state index in [0.29, 0.717) is 5.88 Å². The molecule has 0 atom stereocenters. The van der Waals surface area contributed by atoms with Gasteiger partial charge in [-0.15, -0.1) is 5.10 Å². The quantitative estimate of drug-likeness (QED) is 0.742. The summed E-state index contributed by atoms with van der Waals surface area (Å²) in [5.41, 5.74) is 0.794. The van der Waals surface area contributed by atoms with Gasteiger partial charge in [-0.2, -0.15) is 0 Å². The Morgan fingerprint density at radius 3 is 3.08 bits per heavy atom. The van der Waals surface area contributed by atoms with Crippen LogP contribution in [0.15, 0.2) is 22.9 Å². The van der Waals surface area contributed by atoms with Crippen LogP contribution in [0.3, 0.4) is 0 Å². The molecule has 12 heavy (non-hydrogen) atoms. The van der Waals surface area contributed by atoms with Crippen LogP contribution in [0.1, 0.15) is 0 Å². The van der Waals surface area contributed by atoms with Crippen molar-refractivity contribution in [1.82, 2.24) is 14.6 Å². The predicted octanol–water partition coefficient (Wildman–Crippen LogP) is 1.50. The van der Waals surface area contributed by atoms with Gasteiger partial charge in [0.15, 0.2) is 5.65 Å². The van der Waals surface area contributed by atoms with E-state index in [1.165, 1.54) is 0 Å². The number of imidazole rings is 1. The van der Waals surface area contributed by atoms with E-state index in [2.05, 4.69) is 26.0 Å². The van der Waals surface area contributed by atoms with Crippen molar-refractivity contribution in [3.05, 3.63) is 22.9 Å². The molecule has 0 fully saturated rings. The largest absolute Gasteiger partial charge is 0.480 e. The van der Waals surface area contributed by atoms with E-state index in [-0.39, 0.29) is 0 Å². The van der Waals surface area contributed by atoms with E-state index >= 15 is 0 Å². The molecule has 2 heterocycles. The molecule has 0 aliphatic heterocycles. The number of aromatic nitrogens is 3. The molecule has 0 aliphatic carbocycles. The van der Waals surface area contributed by atoms with Crippen LogP contribution in [0.25, 0.3) is 5.65 Å². The van der Waals surface area contributed by atoms with E-state index in [4.69, 9.17) is 4.74 Å². The molecule has 0 saturated heterocycles. The Morgan fingerprint density at radius 2 is 2.33 bits per heavy atom. The molecule has 2 aromatic heterocycles. The Balaban J connectivity index is 2.71. The van der Waals surface area contributed by atoms with E-state index < -0.39 is 0 Å². The van der Waals surface area contributed by atoms with Crippen LogP contribution >= 0.6 is 15.9 Å². The zero-order valence-electron chi connectivity index (χ0n) is 6.36. The molecule has 0 N–H and O–H groups in total. The highest BCUT2D eigenvalue weighted by Crippen LogP contribution is 2.13. The zero-order chi connectivity index (χ0) is 8.55. The fourth-order valence-electron chi connectivity index (χ4n) is 0.937. The van der Waals surface area contributed by atoms with Crippen LogP contribution in [-0.2, 0) is 0 Å². The minimum Gasteiger partial charge on any atom is -0.480 e. The summed E-state index contributed by atoms with van der Waals surface area (Å²) in [6.07, 6.45) is 1.70. The minimum absolute atomic E-state index is 0.571. The van der Waals surface area contributed by atoms with Crippen molar-refractivity contribution in [3.8, 4) is 5.88 Å². The van der Waals surface area contributed by atoms with Crippen LogP contribution in [0.2, 0.25) is 0 Å². The monoisotopic (exact) mass is 227 g/mol. The number of halogens is 1. The third-order valence-electron chi connectivity index (χ3n) is 1.51. The van der Waals surface area contributed by atoms with Crippen LogP contribution in [0, 0.1) is 0 Å². The molecule has 5 heteroatoms. The molecule has 0 radical (unpaired) electrons. The second-order valence-corrected chi connectivity index (χ2v) is 3.04. The van der Waals surface area contributed by atoms with Crippen molar-refractivity contribution in [2.24, 2.45) is 0 Å². The maximum atomic E-state index is 4.97. The number of ether oxygens (including phenoxy) is 1. The molecule has 0 spiro atoms. The molecule has 0 aliphatic rings. The molecule has 0 saturated carbocycles. The number of fused-ring (bicyclic) bond motifs is 1. The lowest BCUT2D eigenvalue weighted by Gasteiger charge is -1.98. The summed E-state index contributed by atoms with van der Waals surface area (Å²) in [6, 6.07) is 3.62. The van der Waals surface area contributed by atoms with Crippen LogP contribution < -0.4 is 4.74 Å². The van der Waals surface area contributed by atoms with Crippen LogP contribution in [0.5, 0.6) is 5.88 Å². The number of methoxy groups -OCH3 is 1. The highest BCUT2D eigenvalue weighted by molar-refractivity contribution is 9.10. The van der Waals surface area contributed by atoms with Gasteiger partial charge in [-0.25, -0.2) is 9.50 Å². The third-order valence-corrected chi connectivity index (χ3v) is 2.05. The fourth-order valence-corrected chi connectivity index (χ4v) is 1.30. The Morgan fingerprint density at radius 1 is 1.50 bits per heavy atom. The first-order valence-electron chi connectivity index (χ1n) is 3.35. The predicted molar refractivity (Wildman–Crippen MR) is 47.2 cm³/mol. The van der Waals surface area contributed by atoms with Gasteiger partial charge >= 0.3 is 0 Å². The lowest BCUT2D eigenvalue weighted by atomic mass is 10.5. The van der Waals surface area contributed by atoms with E-state index in [1.807, 2.05) is 6.07 Å². The first-order chi connectivity index (χ1) is 5.81. The Hall–Kier alpha value is -1.10. The number of nitrogens with zero attached hydrogens (tertiary/aromatic N) is 3. The number of rotatable bonds is 1. The minimum atomic E-state index is 0.571. The molecule has 2 rings (SSSR count). The van der Waals surface area contributed by atoms with Gasteiger partial charge in [0, 0.05) is 6.07 Å². The fraction of sp³-hybridized carbons (Fsp3) is 0.143. The van der Waals surface area contributed by atoms with Gasteiger partial charge in [0.25, 0.3) is 0 Å². The summed E-state index contributed by atoms with van der Waals surface area (Å²) in [4.78, 5) is 4.09. The van der Waals surface area contributed by atoms with Crippen LogP contribution in [0.4, 0.5) is 0 Å². The molecule has 0 bridgehead atoms. The second kappa shape index (κ2) is 2.75. The van der Waals surface area contributed by atoms with E-state index in [9.17, 15) is 0 Å². The SMILES string of the molecule is COc1ccc2ncc(Br)n2n1. The Labute approximate surface area is 77.3 Å². The first kappa shape index (κ1) is 7.54. The van der Waals surface area contributed by atoms with Gasteiger partial charge in [0.2, 0.25) is 5.88 Å². The number of hydrogen-bond acceptors (Lipinski definition) is 3. The summed E-state index contributed by atoms with van der Waals surface area (Å²) in [5.74, 6) is 0.571. The molecular formula is C7H6BrN3O. The standard InChI is InChI=1S/C7H6BrN3O/c1-12-7-3-2-6-9-4-5(8)11(6)10-7/h2-4H,1H3. The highest BCUT2D eigenvalue weighted by Gasteiger charge is 2.01. The molecule has 2 aromatic rings. The summed E-state index contributed by atoms with van der Waals surface area (Å²) in [5, 5.41) is 4.14. The van der Waals surface area contributed by atoms with Gasteiger partial charge in [-0.3, -0.25) is 0 Å². The Bertz CT molecular complexity index is 412. The average molecular weight is 228 g/mol. The first-order valence-corrected chi connectivity index (χ1v) is 4.15. The van der Waals surface area contributed by atoms with E-state index in [0.717, 1.165) is 10.3 Å². The van der Waals surface area contributed by atoms with Gasteiger partial charge < -0.3 is 4.74 Å². The van der Waals surface area contributed by atoms with Crippen molar-refractivity contribution in [1.29, 1.82) is 0 Å². The molecule has 62 valence electrons. The van der Waals surface area contributed by atoms with Gasteiger partial charge in [0.1, 0.15) is 4.60 Å². The normalized spacial score (nSPS) is 10.5. The van der Waals surface area contributed by atoms with Gasteiger partial charge in [-0.1, -0.05) is 0 Å². The van der Waals surface area contributed by atoms with Gasteiger partial charge in [-0.05, 0) is 22.0 Å². The molecular weight excluding hydrogens is 222 g/mol. The summed E-state index contributed by atoms with van der Waals surface area (Å²) in [7, 11) is 1.58. The van der Waals surface area contributed by atoms with E-state index in [1.54, 1.807) is 23.9 Å². The van der Waals surface area contributed by atoms with Gasteiger partial charge in [0.05, 0.1) is 13.3 Å². The number of hydrogen-bond donors (Lipinski definition) is 0. The molecule has 4 nitrogen and oxygen atoms in total. The van der Waals surface area contributed by atoms with Crippen molar-refractivity contribution in [2.45, 2.75) is 0 Å². The average Bonchev–Trinajstić information content (AvgIpc) is 2.47. The molecule has 0 amide bonds. The maximum absolute atomic E-state index is 4.97. The molecule has 0 aromatic carbocycles. The smallest absolute Gasteiger partial charge is 0.231 e. The lowest BCUT2D eigenvalue weighted by molar-refractivity contribution is 0.389. The Kier molecular flexibility index (Phi) is 1.73. The summed E-state index contributed by atoms with van der Waals surface area (Å²) in [6.45, 7) is 0.